The molecule has 0 fully saturated rings. The Hall–Kier alpha value is -0.540. The fourth-order valence-corrected chi connectivity index (χ4v) is 1.89. The summed E-state index contributed by atoms with van der Waals surface area (Å²) in [6.07, 6.45) is 1.91. The third kappa shape index (κ3) is 2.45. The largest absolute Gasteiger partial charge is 0.386 e. The first-order chi connectivity index (χ1) is 5.95. The van der Waals surface area contributed by atoms with Crippen LogP contribution >= 0.6 is 11.8 Å². The second-order valence-corrected chi connectivity index (χ2v) is 4.25. The Morgan fingerprint density at radius 1 is 1.38 bits per heavy atom. The minimum Gasteiger partial charge on any atom is -0.386 e. The maximum atomic E-state index is 12.9. The van der Waals surface area contributed by atoms with E-state index in [0.717, 1.165) is 4.90 Å². The summed E-state index contributed by atoms with van der Waals surface area (Å²) in [4.78, 5) is 0.911. The van der Waals surface area contributed by atoms with Crippen molar-refractivity contribution in [2.75, 3.05) is 6.26 Å². The average Bonchev–Trinajstić information content (AvgIpc) is 2.03. The first kappa shape index (κ1) is 10.5. The van der Waals surface area contributed by atoms with Crippen LogP contribution in [0.25, 0.3) is 0 Å². The molecule has 1 rings (SSSR count). The standard InChI is InChI=1S/C10H13FOS/c1-10(2,12)8-6-7(11)4-5-9(8)13-3/h4-6,12H,1-3H3. The van der Waals surface area contributed by atoms with Crippen molar-refractivity contribution in [2.45, 2.75) is 24.3 Å². The van der Waals surface area contributed by atoms with Gasteiger partial charge in [-0.15, -0.1) is 11.8 Å². The molecule has 1 aromatic rings. The van der Waals surface area contributed by atoms with Gasteiger partial charge in [-0.3, -0.25) is 0 Å². The van der Waals surface area contributed by atoms with Crippen LogP contribution in [0.3, 0.4) is 0 Å². The van der Waals surface area contributed by atoms with Gasteiger partial charge >= 0.3 is 0 Å². The molecule has 0 aliphatic heterocycles. The van der Waals surface area contributed by atoms with Crippen LogP contribution in [0.4, 0.5) is 4.39 Å². The van der Waals surface area contributed by atoms with Gasteiger partial charge in [0.1, 0.15) is 5.82 Å². The zero-order chi connectivity index (χ0) is 10.1. The van der Waals surface area contributed by atoms with Crippen molar-refractivity contribution >= 4 is 11.8 Å². The fraction of sp³-hybridized carbons (Fsp3) is 0.400. The number of halogens is 1. The van der Waals surface area contributed by atoms with E-state index in [9.17, 15) is 9.50 Å². The number of hydrogen-bond acceptors (Lipinski definition) is 2. The molecule has 1 nitrogen and oxygen atoms in total. The van der Waals surface area contributed by atoms with Crippen LogP contribution in [0.2, 0.25) is 0 Å². The lowest BCUT2D eigenvalue weighted by molar-refractivity contribution is 0.0754. The minimum atomic E-state index is -0.986. The summed E-state index contributed by atoms with van der Waals surface area (Å²) >= 11 is 1.50. The van der Waals surface area contributed by atoms with Gasteiger partial charge in [0.25, 0.3) is 0 Å². The van der Waals surface area contributed by atoms with E-state index in [1.165, 1.54) is 23.9 Å². The Morgan fingerprint density at radius 3 is 2.46 bits per heavy atom. The molecule has 0 atom stereocenters. The highest BCUT2D eigenvalue weighted by Gasteiger charge is 2.20. The molecule has 72 valence electrons. The third-order valence-corrected chi connectivity index (χ3v) is 2.62. The lowest BCUT2D eigenvalue weighted by Crippen LogP contribution is -2.16. The van der Waals surface area contributed by atoms with E-state index in [-0.39, 0.29) is 5.82 Å². The Kier molecular flexibility index (Phi) is 2.98. The van der Waals surface area contributed by atoms with Crippen molar-refractivity contribution in [3.05, 3.63) is 29.6 Å². The van der Waals surface area contributed by atoms with E-state index in [1.54, 1.807) is 19.9 Å². The maximum absolute atomic E-state index is 12.9. The molecule has 0 saturated carbocycles. The number of thioether (sulfide) groups is 1. The summed E-state index contributed by atoms with van der Waals surface area (Å²) in [7, 11) is 0. The van der Waals surface area contributed by atoms with E-state index in [4.69, 9.17) is 0 Å². The molecule has 0 aliphatic carbocycles. The molecule has 0 bridgehead atoms. The maximum Gasteiger partial charge on any atom is 0.123 e. The molecule has 0 heterocycles. The Bertz CT molecular complexity index is 304. The third-order valence-electron chi connectivity index (χ3n) is 1.82. The Balaban J connectivity index is 3.24. The molecule has 0 aromatic heterocycles. The Labute approximate surface area is 82.0 Å². The van der Waals surface area contributed by atoms with Gasteiger partial charge < -0.3 is 5.11 Å². The first-order valence-electron chi connectivity index (χ1n) is 4.01. The van der Waals surface area contributed by atoms with Gasteiger partial charge in [-0.2, -0.15) is 0 Å². The SMILES string of the molecule is CSc1ccc(F)cc1C(C)(C)O. The normalized spacial score (nSPS) is 11.8. The molecule has 1 aromatic carbocycles. The number of hydrogen-bond donors (Lipinski definition) is 1. The predicted molar refractivity (Wildman–Crippen MR) is 53.4 cm³/mol. The number of aliphatic hydroxyl groups is 1. The number of rotatable bonds is 2. The molecule has 0 unspecified atom stereocenters. The summed E-state index contributed by atoms with van der Waals surface area (Å²) in [5.41, 5.74) is -0.347. The van der Waals surface area contributed by atoms with Crippen LogP contribution < -0.4 is 0 Å². The smallest absolute Gasteiger partial charge is 0.123 e. The van der Waals surface area contributed by atoms with Crippen molar-refractivity contribution in [2.24, 2.45) is 0 Å². The van der Waals surface area contributed by atoms with Gasteiger partial charge in [-0.25, -0.2) is 4.39 Å². The molecule has 0 saturated heterocycles. The summed E-state index contributed by atoms with van der Waals surface area (Å²) in [5, 5.41) is 9.75. The van der Waals surface area contributed by atoms with Crippen LogP contribution in [0.5, 0.6) is 0 Å². The van der Waals surface area contributed by atoms with Crippen molar-refractivity contribution in [3.63, 3.8) is 0 Å². The molecule has 13 heavy (non-hydrogen) atoms. The van der Waals surface area contributed by atoms with Crippen LogP contribution in [0.1, 0.15) is 19.4 Å². The zero-order valence-corrected chi connectivity index (χ0v) is 8.78. The van der Waals surface area contributed by atoms with E-state index in [2.05, 4.69) is 0 Å². The van der Waals surface area contributed by atoms with Crippen LogP contribution in [-0.4, -0.2) is 11.4 Å². The van der Waals surface area contributed by atoms with Gasteiger partial charge in [0.15, 0.2) is 0 Å². The van der Waals surface area contributed by atoms with E-state index < -0.39 is 5.60 Å². The van der Waals surface area contributed by atoms with E-state index in [1.807, 2.05) is 6.26 Å². The topological polar surface area (TPSA) is 20.2 Å². The van der Waals surface area contributed by atoms with Gasteiger partial charge in [0, 0.05) is 4.90 Å². The fourth-order valence-electron chi connectivity index (χ4n) is 1.16. The lowest BCUT2D eigenvalue weighted by Gasteiger charge is -2.20. The monoisotopic (exact) mass is 200 g/mol. The van der Waals surface area contributed by atoms with Crippen LogP contribution in [-0.2, 0) is 5.60 Å². The van der Waals surface area contributed by atoms with Crippen molar-refractivity contribution in [1.29, 1.82) is 0 Å². The summed E-state index contributed by atoms with van der Waals surface area (Å²) in [5.74, 6) is -0.310. The molecule has 0 spiro atoms. The second kappa shape index (κ2) is 3.68. The summed E-state index contributed by atoms with van der Waals surface area (Å²) < 4.78 is 12.9. The summed E-state index contributed by atoms with van der Waals surface area (Å²) in [6, 6.07) is 4.47. The van der Waals surface area contributed by atoms with E-state index >= 15 is 0 Å². The molecule has 3 heteroatoms. The van der Waals surface area contributed by atoms with Gasteiger partial charge in [0.05, 0.1) is 5.60 Å². The lowest BCUT2D eigenvalue weighted by atomic mass is 9.98. The highest BCUT2D eigenvalue weighted by atomic mass is 32.2. The van der Waals surface area contributed by atoms with Crippen molar-refractivity contribution < 1.29 is 9.50 Å². The summed E-state index contributed by atoms with van der Waals surface area (Å²) in [6.45, 7) is 3.31. The zero-order valence-electron chi connectivity index (χ0n) is 7.97. The second-order valence-electron chi connectivity index (χ2n) is 3.40. The molecular formula is C10H13FOS. The molecule has 0 radical (unpaired) electrons. The Morgan fingerprint density at radius 2 is 2.00 bits per heavy atom. The van der Waals surface area contributed by atoms with Gasteiger partial charge in [-0.1, -0.05) is 0 Å². The van der Waals surface area contributed by atoms with Crippen molar-refractivity contribution in [1.82, 2.24) is 0 Å². The van der Waals surface area contributed by atoms with Gasteiger partial charge in [-0.05, 0) is 43.9 Å². The highest BCUT2D eigenvalue weighted by Crippen LogP contribution is 2.30. The average molecular weight is 200 g/mol. The first-order valence-corrected chi connectivity index (χ1v) is 5.24. The molecule has 0 amide bonds. The molecule has 1 N–H and O–H groups in total. The minimum absolute atomic E-state index is 0.310. The van der Waals surface area contributed by atoms with Crippen LogP contribution in [0, 0.1) is 5.82 Å². The predicted octanol–water partition coefficient (Wildman–Crippen LogP) is 2.78. The molecule has 0 aliphatic rings. The quantitative estimate of drug-likeness (QED) is 0.741. The number of benzene rings is 1. The molecular weight excluding hydrogens is 187 g/mol. The van der Waals surface area contributed by atoms with Gasteiger partial charge in [0.2, 0.25) is 0 Å². The van der Waals surface area contributed by atoms with Crippen LogP contribution in [0.15, 0.2) is 23.1 Å². The van der Waals surface area contributed by atoms with E-state index in [0.29, 0.717) is 5.56 Å². The highest BCUT2D eigenvalue weighted by molar-refractivity contribution is 7.98. The van der Waals surface area contributed by atoms with Crippen molar-refractivity contribution in [3.8, 4) is 0 Å².